The molecule has 0 aliphatic carbocycles. The predicted molar refractivity (Wildman–Crippen MR) is 52.5 cm³/mol. The van der Waals surface area contributed by atoms with Gasteiger partial charge in [0.05, 0.1) is 4.92 Å². The Kier molecular flexibility index (Phi) is 3.82. The number of halogens is 3. The number of carbonyl (C=O) groups is 1. The van der Waals surface area contributed by atoms with Crippen molar-refractivity contribution in [1.29, 1.82) is 0 Å². The molecule has 1 rings (SSSR count). The van der Waals surface area contributed by atoms with Crippen molar-refractivity contribution in [3.8, 4) is 0 Å². The second kappa shape index (κ2) is 4.94. The standard InChI is InChI=1S/C10H8F3NO3/c11-10(12,13)9(15)6-3-7-1-4-8(5-2-7)14(16)17/h1-2,4-5H,3,6H2. The number of nitro groups is 1. The summed E-state index contributed by atoms with van der Waals surface area (Å²) in [7, 11) is 0. The van der Waals surface area contributed by atoms with Crippen LogP contribution in [0.2, 0.25) is 0 Å². The minimum atomic E-state index is -4.82. The average Bonchev–Trinajstić information content (AvgIpc) is 2.25. The number of aryl methyl sites for hydroxylation is 1. The molecule has 0 amide bonds. The van der Waals surface area contributed by atoms with E-state index in [0.717, 1.165) is 0 Å². The van der Waals surface area contributed by atoms with Crippen molar-refractivity contribution in [2.75, 3.05) is 0 Å². The lowest BCUT2D eigenvalue weighted by Crippen LogP contribution is -2.22. The first-order valence-corrected chi connectivity index (χ1v) is 4.64. The van der Waals surface area contributed by atoms with Crippen LogP contribution in [0.5, 0.6) is 0 Å². The zero-order valence-corrected chi connectivity index (χ0v) is 8.53. The summed E-state index contributed by atoms with van der Waals surface area (Å²) in [5, 5.41) is 10.3. The summed E-state index contributed by atoms with van der Waals surface area (Å²) in [6.07, 6.45) is -5.56. The summed E-state index contributed by atoms with van der Waals surface area (Å²) in [4.78, 5) is 20.3. The van der Waals surface area contributed by atoms with Gasteiger partial charge in [0, 0.05) is 18.6 Å². The number of hydrogen-bond acceptors (Lipinski definition) is 3. The normalized spacial score (nSPS) is 11.2. The van der Waals surface area contributed by atoms with Gasteiger partial charge in [-0.3, -0.25) is 14.9 Å². The summed E-state index contributed by atoms with van der Waals surface area (Å²) >= 11 is 0. The molecule has 0 saturated heterocycles. The van der Waals surface area contributed by atoms with Crippen molar-refractivity contribution >= 4 is 11.5 Å². The molecule has 0 fully saturated rings. The highest BCUT2D eigenvalue weighted by Gasteiger charge is 2.37. The molecular weight excluding hydrogens is 239 g/mol. The van der Waals surface area contributed by atoms with Crippen molar-refractivity contribution in [1.82, 2.24) is 0 Å². The number of alkyl halides is 3. The number of non-ortho nitro benzene ring substituents is 1. The fourth-order valence-corrected chi connectivity index (χ4v) is 1.18. The molecule has 0 bridgehead atoms. The van der Waals surface area contributed by atoms with Crippen LogP contribution in [0.3, 0.4) is 0 Å². The first kappa shape index (κ1) is 13.1. The highest BCUT2D eigenvalue weighted by molar-refractivity contribution is 5.84. The summed E-state index contributed by atoms with van der Waals surface area (Å²) < 4.78 is 35.6. The fraction of sp³-hybridized carbons (Fsp3) is 0.300. The Morgan fingerprint density at radius 2 is 1.76 bits per heavy atom. The van der Waals surface area contributed by atoms with Crippen molar-refractivity contribution < 1.29 is 22.9 Å². The van der Waals surface area contributed by atoms with Gasteiger partial charge in [0.2, 0.25) is 5.78 Å². The van der Waals surface area contributed by atoms with Crippen LogP contribution < -0.4 is 0 Å². The number of ketones is 1. The summed E-state index contributed by atoms with van der Waals surface area (Å²) in [6.45, 7) is 0. The van der Waals surface area contributed by atoms with E-state index in [1.54, 1.807) is 0 Å². The van der Waals surface area contributed by atoms with Gasteiger partial charge in [0.25, 0.3) is 5.69 Å². The summed E-state index contributed by atoms with van der Waals surface area (Å²) in [5.41, 5.74) is 0.309. The van der Waals surface area contributed by atoms with Crippen molar-refractivity contribution in [2.24, 2.45) is 0 Å². The zero-order chi connectivity index (χ0) is 13.1. The third-order valence-corrected chi connectivity index (χ3v) is 2.10. The first-order valence-electron chi connectivity index (χ1n) is 4.64. The lowest BCUT2D eigenvalue weighted by atomic mass is 10.1. The fourth-order valence-electron chi connectivity index (χ4n) is 1.18. The van der Waals surface area contributed by atoms with E-state index in [-0.39, 0.29) is 12.1 Å². The van der Waals surface area contributed by atoms with Gasteiger partial charge in [0.15, 0.2) is 0 Å². The second-order valence-electron chi connectivity index (χ2n) is 3.34. The quantitative estimate of drug-likeness (QED) is 0.607. The molecular formula is C10H8F3NO3. The molecule has 92 valence electrons. The van der Waals surface area contributed by atoms with E-state index in [1.165, 1.54) is 24.3 Å². The SMILES string of the molecule is O=C(CCc1ccc([N+](=O)[O-])cc1)C(F)(F)F. The number of benzene rings is 1. The number of carbonyl (C=O) groups excluding carboxylic acids is 1. The van der Waals surface area contributed by atoms with E-state index in [4.69, 9.17) is 0 Å². The molecule has 0 saturated carbocycles. The van der Waals surface area contributed by atoms with E-state index in [1.807, 2.05) is 0 Å². The van der Waals surface area contributed by atoms with Gasteiger partial charge in [-0.15, -0.1) is 0 Å². The number of hydrogen-bond donors (Lipinski definition) is 0. The summed E-state index contributed by atoms with van der Waals surface area (Å²) in [5.74, 6) is -1.80. The molecule has 0 N–H and O–H groups in total. The second-order valence-corrected chi connectivity index (χ2v) is 3.34. The Bertz CT molecular complexity index is 425. The molecule has 0 atom stereocenters. The van der Waals surface area contributed by atoms with Crippen LogP contribution in [-0.2, 0) is 11.2 Å². The molecule has 0 unspecified atom stereocenters. The van der Waals surface area contributed by atoms with E-state index in [2.05, 4.69) is 0 Å². The van der Waals surface area contributed by atoms with E-state index >= 15 is 0 Å². The van der Waals surface area contributed by atoms with Crippen LogP contribution >= 0.6 is 0 Å². The van der Waals surface area contributed by atoms with Crippen LogP contribution in [0.1, 0.15) is 12.0 Å². The lowest BCUT2D eigenvalue weighted by molar-refractivity contribution is -0.384. The number of rotatable bonds is 4. The molecule has 0 heterocycles. The molecule has 0 aromatic heterocycles. The monoisotopic (exact) mass is 247 g/mol. The van der Waals surface area contributed by atoms with Crippen LogP contribution in [-0.4, -0.2) is 16.9 Å². The highest BCUT2D eigenvalue weighted by Crippen LogP contribution is 2.20. The third kappa shape index (κ3) is 3.86. The molecule has 0 aliphatic heterocycles. The van der Waals surface area contributed by atoms with E-state index in [0.29, 0.717) is 5.56 Å². The molecule has 7 heteroatoms. The van der Waals surface area contributed by atoms with Gasteiger partial charge in [-0.25, -0.2) is 0 Å². The predicted octanol–water partition coefficient (Wildman–Crippen LogP) is 2.66. The molecule has 17 heavy (non-hydrogen) atoms. The Morgan fingerprint density at radius 3 is 2.18 bits per heavy atom. The first-order chi connectivity index (χ1) is 7.80. The lowest BCUT2D eigenvalue weighted by Gasteiger charge is -2.04. The molecule has 4 nitrogen and oxygen atoms in total. The van der Waals surface area contributed by atoms with Crippen LogP contribution in [0.4, 0.5) is 18.9 Å². The maximum Gasteiger partial charge on any atom is 0.449 e. The maximum absolute atomic E-state index is 11.9. The van der Waals surface area contributed by atoms with Crippen LogP contribution in [0, 0.1) is 10.1 Å². The van der Waals surface area contributed by atoms with Crippen LogP contribution in [0.15, 0.2) is 24.3 Å². The number of nitro benzene ring substituents is 1. The van der Waals surface area contributed by atoms with Gasteiger partial charge in [-0.2, -0.15) is 13.2 Å². The Morgan fingerprint density at radius 1 is 1.24 bits per heavy atom. The topological polar surface area (TPSA) is 60.2 Å². The van der Waals surface area contributed by atoms with Crippen molar-refractivity contribution in [2.45, 2.75) is 19.0 Å². The van der Waals surface area contributed by atoms with Crippen LogP contribution in [0.25, 0.3) is 0 Å². The highest BCUT2D eigenvalue weighted by atomic mass is 19.4. The number of Topliss-reactive ketones (excluding diaryl/α,β-unsaturated/α-hetero) is 1. The zero-order valence-electron chi connectivity index (χ0n) is 8.53. The van der Waals surface area contributed by atoms with E-state index in [9.17, 15) is 28.1 Å². The van der Waals surface area contributed by atoms with Gasteiger partial charge in [-0.1, -0.05) is 12.1 Å². The van der Waals surface area contributed by atoms with Gasteiger partial charge >= 0.3 is 6.18 Å². The Labute approximate surface area is 94.2 Å². The molecule has 1 aromatic rings. The van der Waals surface area contributed by atoms with Gasteiger partial charge in [-0.05, 0) is 12.0 Å². The maximum atomic E-state index is 11.9. The average molecular weight is 247 g/mol. The summed E-state index contributed by atoms with van der Waals surface area (Å²) in [6, 6.07) is 5.05. The third-order valence-electron chi connectivity index (χ3n) is 2.10. The van der Waals surface area contributed by atoms with Gasteiger partial charge in [0.1, 0.15) is 0 Å². The Hall–Kier alpha value is -1.92. The minimum absolute atomic E-state index is 0.0870. The molecule has 0 radical (unpaired) electrons. The Balaban J connectivity index is 2.59. The minimum Gasteiger partial charge on any atom is -0.290 e. The largest absolute Gasteiger partial charge is 0.449 e. The van der Waals surface area contributed by atoms with Gasteiger partial charge < -0.3 is 0 Å². The van der Waals surface area contributed by atoms with Crippen molar-refractivity contribution in [3.63, 3.8) is 0 Å². The van der Waals surface area contributed by atoms with E-state index < -0.39 is 23.3 Å². The molecule has 1 aromatic carbocycles. The molecule has 0 spiro atoms. The smallest absolute Gasteiger partial charge is 0.290 e. The number of nitrogens with zero attached hydrogens (tertiary/aromatic N) is 1. The van der Waals surface area contributed by atoms with Crippen molar-refractivity contribution in [3.05, 3.63) is 39.9 Å². The molecule has 0 aliphatic rings.